The zero-order valence-corrected chi connectivity index (χ0v) is 20.0. The first kappa shape index (κ1) is 22.6. The number of hydrogen-bond acceptors (Lipinski definition) is 4. The SMILES string of the molecule is Cc1ccc(NC(=O)C2CCN(Cc3nc4cc(Cl)ccc4n3Cc3ccccc3)CC2)nc1. The van der Waals surface area contributed by atoms with Crippen molar-refractivity contribution in [2.75, 3.05) is 18.4 Å². The first-order valence-corrected chi connectivity index (χ1v) is 12.1. The number of rotatable bonds is 6. The molecule has 174 valence electrons. The number of hydrogen-bond donors (Lipinski definition) is 1. The quantitative estimate of drug-likeness (QED) is 0.413. The number of piperidine rings is 1. The number of pyridine rings is 1. The molecule has 2 aromatic heterocycles. The van der Waals surface area contributed by atoms with Crippen LogP contribution in [0.5, 0.6) is 0 Å². The third kappa shape index (κ3) is 5.13. The van der Waals surface area contributed by atoms with Gasteiger partial charge in [0.2, 0.25) is 5.91 Å². The van der Waals surface area contributed by atoms with Crippen LogP contribution in [0, 0.1) is 12.8 Å². The summed E-state index contributed by atoms with van der Waals surface area (Å²) in [6.07, 6.45) is 3.41. The molecule has 0 unspecified atom stereocenters. The van der Waals surface area contributed by atoms with Gasteiger partial charge in [-0.2, -0.15) is 0 Å². The maximum Gasteiger partial charge on any atom is 0.228 e. The minimum Gasteiger partial charge on any atom is -0.322 e. The zero-order chi connectivity index (χ0) is 23.5. The number of likely N-dealkylation sites (tertiary alicyclic amines) is 1. The number of nitrogens with one attached hydrogen (secondary N) is 1. The van der Waals surface area contributed by atoms with Gasteiger partial charge in [0.1, 0.15) is 11.6 Å². The molecule has 2 aromatic carbocycles. The molecule has 1 saturated heterocycles. The minimum atomic E-state index is 0.00120. The number of halogens is 1. The van der Waals surface area contributed by atoms with Gasteiger partial charge >= 0.3 is 0 Å². The molecule has 1 aliphatic rings. The van der Waals surface area contributed by atoms with Crippen LogP contribution in [0.4, 0.5) is 5.82 Å². The van der Waals surface area contributed by atoms with Crippen molar-refractivity contribution in [3.8, 4) is 0 Å². The fraction of sp³-hybridized carbons (Fsp3) is 0.296. The lowest BCUT2D eigenvalue weighted by molar-refractivity contribution is -0.121. The highest BCUT2D eigenvalue weighted by atomic mass is 35.5. The molecule has 4 aromatic rings. The molecule has 1 aliphatic heterocycles. The van der Waals surface area contributed by atoms with Crippen molar-refractivity contribution in [2.45, 2.75) is 32.9 Å². The summed E-state index contributed by atoms with van der Waals surface area (Å²) in [5.74, 6) is 1.70. The Labute approximate surface area is 204 Å². The highest BCUT2D eigenvalue weighted by Crippen LogP contribution is 2.25. The van der Waals surface area contributed by atoms with Crippen LogP contribution in [0.3, 0.4) is 0 Å². The van der Waals surface area contributed by atoms with Crippen LogP contribution in [-0.4, -0.2) is 38.4 Å². The van der Waals surface area contributed by atoms with E-state index in [4.69, 9.17) is 16.6 Å². The number of benzene rings is 2. The number of amides is 1. The van der Waals surface area contributed by atoms with Gasteiger partial charge in [0.25, 0.3) is 0 Å². The number of fused-ring (bicyclic) bond motifs is 1. The van der Waals surface area contributed by atoms with Gasteiger partial charge in [-0.3, -0.25) is 9.69 Å². The van der Waals surface area contributed by atoms with Gasteiger partial charge in [0.15, 0.2) is 0 Å². The van der Waals surface area contributed by atoms with Crippen LogP contribution in [0.2, 0.25) is 5.02 Å². The molecule has 1 fully saturated rings. The van der Waals surface area contributed by atoms with Crippen molar-refractivity contribution in [2.24, 2.45) is 5.92 Å². The lowest BCUT2D eigenvalue weighted by atomic mass is 9.96. The summed E-state index contributed by atoms with van der Waals surface area (Å²) in [6.45, 7) is 5.20. The summed E-state index contributed by atoms with van der Waals surface area (Å²) in [5.41, 5.74) is 4.31. The Bertz CT molecular complexity index is 1280. The van der Waals surface area contributed by atoms with Crippen LogP contribution < -0.4 is 5.32 Å². The summed E-state index contributed by atoms with van der Waals surface area (Å²) in [4.78, 5) is 24.3. The molecule has 0 spiro atoms. The molecule has 0 bridgehead atoms. The summed E-state index contributed by atoms with van der Waals surface area (Å²) < 4.78 is 2.28. The Kier molecular flexibility index (Phi) is 6.61. The van der Waals surface area contributed by atoms with Gasteiger partial charge < -0.3 is 9.88 Å². The average molecular weight is 474 g/mol. The highest BCUT2D eigenvalue weighted by Gasteiger charge is 2.26. The number of nitrogens with zero attached hydrogens (tertiary/aromatic N) is 4. The van der Waals surface area contributed by atoms with Crippen molar-refractivity contribution in [3.63, 3.8) is 0 Å². The fourth-order valence-corrected chi connectivity index (χ4v) is 4.71. The van der Waals surface area contributed by atoms with Gasteiger partial charge in [-0.25, -0.2) is 9.97 Å². The number of anilines is 1. The summed E-state index contributed by atoms with van der Waals surface area (Å²) in [6, 6.07) is 20.1. The van der Waals surface area contributed by atoms with Crippen molar-refractivity contribution < 1.29 is 4.79 Å². The van der Waals surface area contributed by atoms with E-state index in [1.807, 2.05) is 43.3 Å². The van der Waals surface area contributed by atoms with Crippen molar-refractivity contribution in [1.29, 1.82) is 0 Å². The highest BCUT2D eigenvalue weighted by molar-refractivity contribution is 6.31. The van der Waals surface area contributed by atoms with E-state index in [0.29, 0.717) is 10.8 Å². The Morgan fingerprint density at radius 2 is 1.85 bits per heavy atom. The van der Waals surface area contributed by atoms with Gasteiger partial charge in [0, 0.05) is 23.7 Å². The predicted octanol–water partition coefficient (Wildman–Crippen LogP) is 5.29. The Hall–Kier alpha value is -3.22. The maximum atomic E-state index is 12.7. The van der Waals surface area contributed by atoms with Crippen molar-refractivity contribution in [3.05, 3.63) is 88.8 Å². The topological polar surface area (TPSA) is 63.1 Å². The zero-order valence-electron chi connectivity index (χ0n) is 19.2. The molecule has 0 radical (unpaired) electrons. The molecule has 1 N–H and O–H groups in total. The van der Waals surface area contributed by atoms with Crippen LogP contribution in [0.1, 0.15) is 29.8 Å². The van der Waals surface area contributed by atoms with Gasteiger partial charge in [0.05, 0.1) is 17.6 Å². The molecular weight excluding hydrogens is 446 g/mol. The summed E-state index contributed by atoms with van der Waals surface area (Å²) in [7, 11) is 0. The molecular formula is C27H28ClN5O. The molecule has 34 heavy (non-hydrogen) atoms. The van der Waals surface area contributed by atoms with E-state index in [0.717, 1.165) is 61.4 Å². The van der Waals surface area contributed by atoms with E-state index in [9.17, 15) is 4.79 Å². The molecule has 6 nitrogen and oxygen atoms in total. The number of aromatic nitrogens is 3. The van der Waals surface area contributed by atoms with Crippen LogP contribution in [0.15, 0.2) is 66.9 Å². The number of imidazole rings is 1. The van der Waals surface area contributed by atoms with E-state index in [-0.39, 0.29) is 11.8 Å². The molecule has 0 atom stereocenters. The molecule has 1 amide bonds. The average Bonchev–Trinajstić information content (AvgIpc) is 3.17. The number of aryl methyl sites for hydroxylation is 1. The van der Waals surface area contributed by atoms with Gasteiger partial charge in [-0.15, -0.1) is 0 Å². The van der Waals surface area contributed by atoms with Crippen LogP contribution in [-0.2, 0) is 17.9 Å². The second-order valence-corrected chi connectivity index (χ2v) is 9.43. The smallest absolute Gasteiger partial charge is 0.228 e. The molecule has 5 rings (SSSR count). The monoisotopic (exact) mass is 473 g/mol. The number of carbonyl (C=O) groups excluding carboxylic acids is 1. The van der Waals surface area contributed by atoms with E-state index in [1.54, 1.807) is 6.20 Å². The molecule has 0 saturated carbocycles. The second-order valence-electron chi connectivity index (χ2n) is 8.99. The molecule has 0 aliphatic carbocycles. The van der Waals surface area contributed by atoms with Crippen molar-refractivity contribution in [1.82, 2.24) is 19.4 Å². The Morgan fingerprint density at radius 3 is 2.59 bits per heavy atom. The second kappa shape index (κ2) is 9.95. The van der Waals surface area contributed by atoms with E-state index in [2.05, 4.69) is 44.0 Å². The standard InChI is InChI=1S/C27H28ClN5O/c1-19-7-10-25(29-16-19)31-27(34)21-11-13-32(14-12-21)18-26-30-23-15-22(28)8-9-24(23)33(26)17-20-5-3-2-4-6-20/h2-10,15-16,21H,11-14,17-18H2,1H3,(H,29,31,34). The van der Waals surface area contributed by atoms with Crippen molar-refractivity contribution >= 4 is 34.4 Å². The Balaban J connectivity index is 1.27. The minimum absolute atomic E-state index is 0.00120. The van der Waals surface area contributed by atoms with Crippen LogP contribution >= 0.6 is 11.6 Å². The predicted molar refractivity (Wildman–Crippen MR) is 136 cm³/mol. The maximum absolute atomic E-state index is 12.7. The third-order valence-electron chi connectivity index (χ3n) is 6.46. The fourth-order valence-electron chi connectivity index (χ4n) is 4.54. The first-order chi connectivity index (χ1) is 16.5. The van der Waals surface area contributed by atoms with Gasteiger partial charge in [-0.05, 0) is 68.2 Å². The first-order valence-electron chi connectivity index (χ1n) is 11.7. The third-order valence-corrected chi connectivity index (χ3v) is 6.69. The Morgan fingerprint density at radius 1 is 1.06 bits per heavy atom. The van der Waals surface area contributed by atoms with E-state index in [1.165, 1.54) is 5.56 Å². The lowest BCUT2D eigenvalue weighted by Gasteiger charge is -2.31. The summed E-state index contributed by atoms with van der Waals surface area (Å²) >= 11 is 6.24. The van der Waals surface area contributed by atoms with Gasteiger partial charge in [-0.1, -0.05) is 48.0 Å². The normalized spacial score (nSPS) is 15.0. The van der Waals surface area contributed by atoms with Crippen LogP contribution in [0.25, 0.3) is 11.0 Å². The lowest BCUT2D eigenvalue weighted by Crippen LogP contribution is -2.38. The molecule has 7 heteroatoms. The number of carbonyl (C=O) groups is 1. The largest absolute Gasteiger partial charge is 0.322 e. The molecule has 3 heterocycles. The van der Waals surface area contributed by atoms with E-state index >= 15 is 0 Å². The van der Waals surface area contributed by atoms with E-state index < -0.39 is 0 Å². The summed E-state index contributed by atoms with van der Waals surface area (Å²) in [5, 5.41) is 3.66.